The van der Waals surface area contributed by atoms with Gasteiger partial charge in [0.2, 0.25) is 0 Å². The van der Waals surface area contributed by atoms with Crippen molar-refractivity contribution < 1.29 is 0 Å². The van der Waals surface area contributed by atoms with Crippen molar-refractivity contribution in [3.05, 3.63) is 63.1 Å². The molecule has 2 aromatic carbocycles. The van der Waals surface area contributed by atoms with Crippen LogP contribution in [-0.4, -0.2) is 12.3 Å². The Balaban J connectivity index is 1.82. The van der Waals surface area contributed by atoms with Gasteiger partial charge < -0.3 is 5.32 Å². The van der Waals surface area contributed by atoms with Crippen molar-refractivity contribution in [2.45, 2.75) is 17.9 Å². The summed E-state index contributed by atoms with van der Waals surface area (Å²) in [7, 11) is 0. The molecular formula is C16H16Cl3NS. The van der Waals surface area contributed by atoms with E-state index in [0.29, 0.717) is 5.02 Å². The molecular weight excluding hydrogens is 345 g/mol. The third kappa shape index (κ3) is 5.08. The van der Waals surface area contributed by atoms with E-state index in [-0.39, 0.29) is 6.04 Å². The lowest BCUT2D eigenvalue weighted by atomic mass is 10.1. The summed E-state index contributed by atoms with van der Waals surface area (Å²) in [4.78, 5) is 1.01. The Labute approximate surface area is 145 Å². The maximum absolute atomic E-state index is 6.19. The normalized spacial score (nSPS) is 12.4. The molecule has 0 aliphatic carbocycles. The van der Waals surface area contributed by atoms with E-state index in [9.17, 15) is 0 Å². The quantitative estimate of drug-likeness (QED) is 0.494. The van der Waals surface area contributed by atoms with Crippen molar-refractivity contribution in [2.24, 2.45) is 0 Å². The molecule has 112 valence electrons. The maximum Gasteiger partial charge on any atom is 0.0542 e. The van der Waals surface area contributed by atoms with Crippen molar-refractivity contribution >= 4 is 46.6 Å². The topological polar surface area (TPSA) is 12.0 Å². The molecule has 0 saturated heterocycles. The molecule has 0 aliphatic heterocycles. The van der Waals surface area contributed by atoms with Gasteiger partial charge in [0.1, 0.15) is 0 Å². The van der Waals surface area contributed by atoms with Gasteiger partial charge in [-0.05, 0) is 36.8 Å². The summed E-state index contributed by atoms with van der Waals surface area (Å²) in [5, 5.41) is 5.70. The second-order valence-corrected chi connectivity index (χ2v) is 7.01. The van der Waals surface area contributed by atoms with E-state index in [1.807, 2.05) is 36.4 Å². The van der Waals surface area contributed by atoms with Gasteiger partial charge in [-0.15, -0.1) is 11.8 Å². The predicted molar refractivity (Wildman–Crippen MR) is 95.1 cm³/mol. The van der Waals surface area contributed by atoms with Gasteiger partial charge in [-0.25, -0.2) is 0 Å². The second kappa shape index (κ2) is 8.30. The number of benzene rings is 2. The Kier molecular flexibility index (Phi) is 6.72. The fourth-order valence-electron chi connectivity index (χ4n) is 1.96. The van der Waals surface area contributed by atoms with Gasteiger partial charge in [-0.1, -0.05) is 53.0 Å². The van der Waals surface area contributed by atoms with E-state index < -0.39 is 0 Å². The highest BCUT2D eigenvalue weighted by molar-refractivity contribution is 7.99. The molecule has 0 fully saturated rings. The first-order chi connectivity index (χ1) is 10.1. The predicted octanol–water partition coefficient (Wildman–Crippen LogP) is 6.09. The smallest absolute Gasteiger partial charge is 0.0542 e. The summed E-state index contributed by atoms with van der Waals surface area (Å²) in [6.07, 6.45) is 0. The lowest BCUT2D eigenvalue weighted by Crippen LogP contribution is -2.21. The average Bonchev–Trinajstić information content (AvgIpc) is 2.47. The number of nitrogens with one attached hydrogen (secondary N) is 1. The first-order valence-corrected chi connectivity index (χ1v) is 8.75. The summed E-state index contributed by atoms with van der Waals surface area (Å²) < 4.78 is 0. The van der Waals surface area contributed by atoms with Gasteiger partial charge in [0.15, 0.2) is 0 Å². The van der Waals surface area contributed by atoms with Gasteiger partial charge in [-0.3, -0.25) is 0 Å². The molecule has 0 aliphatic rings. The second-order valence-electron chi connectivity index (χ2n) is 4.62. The van der Waals surface area contributed by atoms with Gasteiger partial charge in [-0.2, -0.15) is 0 Å². The van der Waals surface area contributed by atoms with Crippen molar-refractivity contribution in [3.63, 3.8) is 0 Å². The molecule has 0 aromatic heterocycles. The summed E-state index contributed by atoms with van der Waals surface area (Å²) in [6.45, 7) is 2.97. The van der Waals surface area contributed by atoms with Crippen LogP contribution in [-0.2, 0) is 0 Å². The van der Waals surface area contributed by atoms with E-state index in [4.69, 9.17) is 34.8 Å². The van der Waals surface area contributed by atoms with Crippen LogP contribution in [0.25, 0.3) is 0 Å². The molecule has 0 bridgehead atoms. The van der Waals surface area contributed by atoms with Crippen LogP contribution < -0.4 is 5.32 Å². The monoisotopic (exact) mass is 359 g/mol. The molecule has 1 atom stereocenters. The molecule has 1 N–H and O–H groups in total. The largest absolute Gasteiger partial charge is 0.309 e. The van der Waals surface area contributed by atoms with Crippen molar-refractivity contribution in [1.82, 2.24) is 5.32 Å². The molecule has 0 radical (unpaired) electrons. The summed E-state index contributed by atoms with van der Waals surface area (Å²) in [6, 6.07) is 13.6. The van der Waals surface area contributed by atoms with E-state index in [1.54, 1.807) is 17.8 Å². The van der Waals surface area contributed by atoms with E-state index in [1.165, 1.54) is 0 Å². The zero-order valence-corrected chi connectivity index (χ0v) is 14.7. The minimum Gasteiger partial charge on any atom is -0.309 e. The SMILES string of the molecule is CC(NCCSc1cc(Cl)ccc1Cl)c1ccccc1Cl. The summed E-state index contributed by atoms with van der Waals surface area (Å²) in [5.41, 5.74) is 1.12. The van der Waals surface area contributed by atoms with Gasteiger partial charge >= 0.3 is 0 Å². The minimum atomic E-state index is 0.217. The molecule has 5 heteroatoms. The number of halogens is 3. The maximum atomic E-state index is 6.19. The fraction of sp³-hybridized carbons (Fsp3) is 0.250. The lowest BCUT2D eigenvalue weighted by Gasteiger charge is -2.15. The minimum absolute atomic E-state index is 0.217. The molecule has 1 nitrogen and oxygen atoms in total. The number of hydrogen-bond donors (Lipinski definition) is 1. The third-order valence-electron chi connectivity index (χ3n) is 3.08. The van der Waals surface area contributed by atoms with Crippen molar-refractivity contribution in [1.29, 1.82) is 0 Å². The van der Waals surface area contributed by atoms with Crippen molar-refractivity contribution in [2.75, 3.05) is 12.3 Å². The highest BCUT2D eigenvalue weighted by Crippen LogP contribution is 2.29. The van der Waals surface area contributed by atoms with E-state index in [0.717, 1.165) is 32.8 Å². The first-order valence-electron chi connectivity index (χ1n) is 6.63. The van der Waals surface area contributed by atoms with Crippen LogP contribution in [0.5, 0.6) is 0 Å². The van der Waals surface area contributed by atoms with Crippen LogP contribution in [0.1, 0.15) is 18.5 Å². The Morgan fingerprint density at radius 1 is 1.05 bits per heavy atom. The summed E-state index contributed by atoms with van der Waals surface area (Å²) in [5.74, 6) is 0.912. The van der Waals surface area contributed by atoms with Crippen LogP contribution in [0.15, 0.2) is 47.4 Å². The standard InChI is InChI=1S/C16H16Cl3NS/c1-11(13-4-2-3-5-14(13)18)20-8-9-21-16-10-12(17)6-7-15(16)19/h2-7,10-11,20H,8-9H2,1H3. The van der Waals surface area contributed by atoms with Crippen molar-refractivity contribution in [3.8, 4) is 0 Å². The number of thioether (sulfide) groups is 1. The van der Waals surface area contributed by atoms with E-state index in [2.05, 4.69) is 12.2 Å². The van der Waals surface area contributed by atoms with Crippen LogP contribution in [0.4, 0.5) is 0 Å². The molecule has 0 heterocycles. The van der Waals surface area contributed by atoms with Crippen LogP contribution >= 0.6 is 46.6 Å². The Bertz CT molecular complexity index is 604. The molecule has 2 aromatic rings. The molecule has 0 spiro atoms. The zero-order valence-electron chi connectivity index (χ0n) is 11.6. The highest BCUT2D eigenvalue weighted by Gasteiger charge is 2.08. The Morgan fingerprint density at radius 3 is 2.57 bits per heavy atom. The Morgan fingerprint density at radius 2 is 1.81 bits per heavy atom. The van der Waals surface area contributed by atoms with Gasteiger partial charge in [0.05, 0.1) is 5.02 Å². The third-order valence-corrected chi connectivity index (χ3v) is 5.15. The zero-order chi connectivity index (χ0) is 15.2. The molecule has 21 heavy (non-hydrogen) atoms. The molecule has 2 rings (SSSR count). The van der Waals surface area contributed by atoms with Crippen LogP contribution in [0.3, 0.4) is 0 Å². The van der Waals surface area contributed by atoms with Crippen LogP contribution in [0, 0.1) is 0 Å². The van der Waals surface area contributed by atoms with Gasteiger partial charge in [0, 0.05) is 33.3 Å². The molecule has 1 unspecified atom stereocenters. The van der Waals surface area contributed by atoms with E-state index >= 15 is 0 Å². The Hall–Kier alpha value is -0.380. The lowest BCUT2D eigenvalue weighted by molar-refractivity contribution is 0.601. The summed E-state index contributed by atoms with van der Waals surface area (Å²) >= 11 is 20.0. The fourth-order valence-corrected chi connectivity index (χ4v) is 3.63. The number of rotatable bonds is 6. The van der Waals surface area contributed by atoms with Gasteiger partial charge in [0.25, 0.3) is 0 Å². The average molecular weight is 361 g/mol. The first kappa shape index (κ1) is 17.0. The highest BCUT2D eigenvalue weighted by atomic mass is 35.5. The van der Waals surface area contributed by atoms with Crippen LogP contribution in [0.2, 0.25) is 15.1 Å². The molecule has 0 amide bonds. The number of hydrogen-bond acceptors (Lipinski definition) is 2. The molecule has 0 saturated carbocycles.